The number of thioether (sulfide) groups is 1. The summed E-state index contributed by atoms with van der Waals surface area (Å²) >= 11 is 3.33. The number of carbonyl (C=O) groups is 2. The van der Waals surface area contributed by atoms with Crippen molar-refractivity contribution in [3.63, 3.8) is 0 Å². The number of hydrogen-bond donors (Lipinski definition) is 0. The van der Waals surface area contributed by atoms with E-state index in [2.05, 4.69) is 4.98 Å². The van der Waals surface area contributed by atoms with Crippen LogP contribution in [0, 0.1) is 6.92 Å². The summed E-state index contributed by atoms with van der Waals surface area (Å²) in [7, 11) is 0. The maximum Gasteiger partial charge on any atom is 0.289 e. The monoisotopic (exact) mass is 470 g/mol. The Morgan fingerprint density at radius 1 is 1.12 bits per heavy atom. The van der Waals surface area contributed by atoms with Gasteiger partial charge in [-0.1, -0.05) is 11.8 Å². The first kappa shape index (κ1) is 21.5. The molecule has 3 aromatic heterocycles. The molecule has 1 aliphatic carbocycles. The van der Waals surface area contributed by atoms with Gasteiger partial charge in [0, 0.05) is 36.4 Å². The van der Waals surface area contributed by atoms with Crippen molar-refractivity contribution in [3.05, 3.63) is 40.4 Å². The van der Waals surface area contributed by atoms with Crippen molar-refractivity contribution in [2.24, 2.45) is 0 Å². The van der Waals surface area contributed by atoms with Crippen LogP contribution < -0.4 is 0 Å². The minimum Gasteiger partial charge on any atom is -0.459 e. The van der Waals surface area contributed by atoms with E-state index < -0.39 is 0 Å². The third kappa shape index (κ3) is 4.03. The third-order valence-corrected chi connectivity index (χ3v) is 8.40. The number of fused-ring (bicyclic) bond motifs is 3. The SMILES string of the molecule is Cc1nc(SC(C)C(=O)N2CCN(C(=O)c3ccco3)CC2)c2c3c(sc2n1)CCCC3. The van der Waals surface area contributed by atoms with Crippen LogP contribution in [0.1, 0.15) is 46.6 Å². The summed E-state index contributed by atoms with van der Waals surface area (Å²) in [6.07, 6.45) is 6.13. The zero-order valence-electron chi connectivity index (χ0n) is 18.3. The lowest BCUT2D eigenvalue weighted by Gasteiger charge is -2.35. The summed E-state index contributed by atoms with van der Waals surface area (Å²) in [5.74, 6) is 1.07. The second-order valence-corrected chi connectivity index (χ2v) is 10.7. The fourth-order valence-electron chi connectivity index (χ4n) is 4.47. The first-order valence-electron chi connectivity index (χ1n) is 11.1. The molecule has 5 rings (SSSR count). The molecule has 3 aromatic rings. The highest BCUT2D eigenvalue weighted by Crippen LogP contribution is 2.40. The van der Waals surface area contributed by atoms with Crippen LogP contribution in [0.4, 0.5) is 0 Å². The summed E-state index contributed by atoms with van der Waals surface area (Å²) in [5.41, 5.74) is 1.39. The zero-order valence-corrected chi connectivity index (χ0v) is 19.9. The predicted molar refractivity (Wildman–Crippen MR) is 125 cm³/mol. The number of rotatable bonds is 4. The van der Waals surface area contributed by atoms with Crippen molar-refractivity contribution < 1.29 is 14.0 Å². The molecule has 1 aliphatic heterocycles. The molecule has 32 heavy (non-hydrogen) atoms. The Bertz CT molecular complexity index is 1150. The van der Waals surface area contributed by atoms with E-state index in [1.54, 1.807) is 40.1 Å². The molecule has 0 spiro atoms. The number of piperazine rings is 1. The Kier molecular flexibility index (Phi) is 5.94. The normalized spacial score (nSPS) is 17.4. The van der Waals surface area contributed by atoms with Gasteiger partial charge in [0.1, 0.15) is 15.7 Å². The van der Waals surface area contributed by atoms with E-state index in [1.807, 2.05) is 18.7 Å². The predicted octanol–water partition coefficient (Wildman–Crippen LogP) is 3.94. The molecule has 2 aliphatic rings. The van der Waals surface area contributed by atoms with Crippen LogP contribution in [-0.2, 0) is 17.6 Å². The molecule has 2 amide bonds. The average Bonchev–Trinajstić information content (AvgIpc) is 3.46. The average molecular weight is 471 g/mol. The number of hydrogen-bond acceptors (Lipinski definition) is 7. The fraction of sp³-hybridized carbons (Fsp3) is 0.478. The lowest BCUT2D eigenvalue weighted by Crippen LogP contribution is -2.52. The van der Waals surface area contributed by atoms with Crippen LogP contribution in [0.5, 0.6) is 0 Å². The van der Waals surface area contributed by atoms with Gasteiger partial charge in [-0.3, -0.25) is 9.59 Å². The number of amides is 2. The highest BCUT2D eigenvalue weighted by Gasteiger charge is 2.30. The van der Waals surface area contributed by atoms with Crippen molar-refractivity contribution in [2.75, 3.05) is 26.2 Å². The van der Waals surface area contributed by atoms with E-state index in [9.17, 15) is 9.59 Å². The summed E-state index contributed by atoms with van der Waals surface area (Å²) in [6, 6.07) is 3.38. The number of nitrogens with zero attached hydrogens (tertiary/aromatic N) is 4. The molecule has 0 bridgehead atoms. The summed E-state index contributed by atoms with van der Waals surface area (Å²) in [4.78, 5) is 41.2. The largest absolute Gasteiger partial charge is 0.459 e. The second-order valence-electron chi connectivity index (χ2n) is 8.32. The van der Waals surface area contributed by atoms with Crippen LogP contribution in [0.2, 0.25) is 0 Å². The summed E-state index contributed by atoms with van der Waals surface area (Å²) in [6.45, 7) is 5.96. The maximum absolute atomic E-state index is 13.2. The molecule has 0 radical (unpaired) electrons. The smallest absolute Gasteiger partial charge is 0.289 e. The quantitative estimate of drug-likeness (QED) is 0.425. The van der Waals surface area contributed by atoms with E-state index in [0.717, 1.165) is 33.9 Å². The molecule has 1 saturated heterocycles. The minimum atomic E-state index is -0.251. The van der Waals surface area contributed by atoms with Gasteiger partial charge in [-0.2, -0.15) is 0 Å². The molecular weight excluding hydrogens is 444 g/mol. The molecule has 0 saturated carbocycles. The number of aromatic nitrogens is 2. The standard InChI is InChI=1S/C23H26N4O3S2/c1-14(22(28)26-9-11-27(12-10-26)23(29)17-7-5-13-30-17)31-20-19-16-6-3-4-8-18(16)32-21(19)25-15(2)24-20/h5,7,13-14H,3-4,6,8-12H2,1-2H3. The Labute approximate surface area is 195 Å². The Hall–Kier alpha value is -2.39. The lowest BCUT2D eigenvalue weighted by atomic mass is 9.97. The van der Waals surface area contributed by atoms with Gasteiger partial charge >= 0.3 is 0 Å². The molecule has 1 unspecified atom stereocenters. The highest BCUT2D eigenvalue weighted by atomic mass is 32.2. The van der Waals surface area contributed by atoms with Gasteiger partial charge < -0.3 is 14.2 Å². The summed E-state index contributed by atoms with van der Waals surface area (Å²) in [5, 5.41) is 1.84. The summed E-state index contributed by atoms with van der Waals surface area (Å²) < 4.78 is 5.22. The molecule has 1 atom stereocenters. The van der Waals surface area contributed by atoms with Gasteiger partial charge in [-0.15, -0.1) is 11.3 Å². The van der Waals surface area contributed by atoms with Gasteiger partial charge in [-0.05, 0) is 57.2 Å². The number of furan rings is 1. The molecule has 9 heteroatoms. The Morgan fingerprint density at radius 2 is 1.88 bits per heavy atom. The molecule has 0 N–H and O–H groups in total. The van der Waals surface area contributed by atoms with Crippen LogP contribution in [-0.4, -0.2) is 63.0 Å². The Balaban J connectivity index is 1.28. The van der Waals surface area contributed by atoms with Gasteiger partial charge in [0.05, 0.1) is 11.5 Å². The number of carbonyl (C=O) groups excluding carboxylic acids is 2. The molecule has 168 valence electrons. The minimum absolute atomic E-state index is 0.0913. The van der Waals surface area contributed by atoms with Crippen LogP contribution in [0.25, 0.3) is 10.2 Å². The van der Waals surface area contributed by atoms with Crippen molar-refractivity contribution in [1.29, 1.82) is 0 Å². The van der Waals surface area contributed by atoms with Crippen molar-refractivity contribution in [3.8, 4) is 0 Å². The number of thiophene rings is 1. The van der Waals surface area contributed by atoms with Gasteiger partial charge in [0.15, 0.2) is 5.76 Å². The molecule has 0 aromatic carbocycles. The fourth-order valence-corrected chi connectivity index (χ4v) is 6.95. The molecular formula is C23H26N4O3S2. The van der Waals surface area contributed by atoms with Gasteiger partial charge in [0.25, 0.3) is 5.91 Å². The van der Waals surface area contributed by atoms with E-state index >= 15 is 0 Å². The van der Waals surface area contributed by atoms with E-state index in [-0.39, 0.29) is 17.1 Å². The first-order valence-corrected chi connectivity index (χ1v) is 12.8. The van der Waals surface area contributed by atoms with E-state index in [0.29, 0.717) is 31.9 Å². The molecule has 7 nitrogen and oxygen atoms in total. The zero-order chi connectivity index (χ0) is 22.2. The van der Waals surface area contributed by atoms with Gasteiger partial charge in [-0.25, -0.2) is 9.97 Å². The van der Waals surface area contributed by atoms with E-state index in [4.69, 9.17) is 9.40 Å². The second kappa shape index (κ2) is 8.86. The molecule has 4 heterocycles. The maximum atomic E-state index is 13.2. The first-order chi connectivity index (χ1) is 15.5. The number of aryl methyl sites for hydroxylation is 3. The van der Waals surface area contributed by atoms with Crippen LogP contribution in [0.15, 0.2) is 27.8 Å². The topological polar surface area (TPSA) is 79.5 Å². The van der Waals surface area contributed by atoms with Gasteiger partial charge in [0.2, 0.25) is 5.91 Å². The van der Waals surface area contributed by atoms with Crippen molar-refractivity contribution >= 4 is 45.1 Å². The Morgan fingerprint density at radius 3 is 2.62 bits per heavy atom. The molecule has 1 fully saturated rings. The van der Waals surface area contributed by atoms with Crippen molar-refractivity contribution in [1.82, 2.24) is 19.8 Å². The third-order valence-electron chi connectivity index (χ3n) is 6.14. The van der Waals surface area contributed by atoms with Crippen LogP contribution >= 0.6 is 23.1 Å². The highest BCUT2D eigenvalue weighted by molar-refractivity contribution is 8.00. The van der Waals surface area contributed by atoms with E-state index in [1.165, 1.54) is 29.5 Å². The lowest BCUT2D eigenvalue weighted by molar-refractivity contribution is -0.131. The van der Waals surface area contributed by atoms with Crippen LogP contribution in [0.3, 0.4) is 0 Å². The van der Waals surface area contributed by atoms with Crippen molar-refractivity contribution in [2.45, 2.75) is 49.8 Å².